The molecule has 1 aliphatic heterocycles. The average Bonchev–Trinajstić information content (AvgIpc) is 2.50. The third kappa shape index (κ3) is 5.03. The van der Waals surface area contributed by atoms with E-state index in [1.165, 1.54) is 24.8 Å². The number of hydrazine groups is 1. The molecule has 0 aromatic heterocycles. The van der Waals surface area contributed by atoms with Crippen LogP contribution in [-0.2, 0) is 5.75 Å². The molecule has 0 amide bonds. The van der Waals surface area contributed by atoms with Gasteiger partial charge in [0.05, 0.1) is 6.07 Å². The second-order valence-electron chi connectivity index (χ2n) is 5.85. The van der Waals surface area contributed by atoms with Crippen LogP contribution in [0.15, 0.2) is 30.3 Å². The van der Waals surface area contributed by atoms with Gasteiger partial charge in [0.25, 0.3) is 0 Å². The van der Waals surface area contributed by atoms with E-state index in [4.69, 9.17) is 0 Å². The fraction of sp³-hybridized carbons (Fsp3) is 0.588. The third-order valence-corrected chi connectivity index (χ3v) is 5.16. The van der Waals surface area contributed by atoms with Gasteiger partial charge in [-0.2, -0.15) is 17.0 Å². The fourth-order valence-electron chi connectivity index (χ4n) is 2.83. The molecule has 1 heterocycles. The van der Waals surface area contributed by atoms with Crippen LogP contribution < -0.4 is 5.43 Å². The first-order chi connectivity index (χ1) is 10.2. The highest BCUT2D eigenvalue weighted by Gasteiger charge is 2.26. The quantitative estimate of drug-likeness (QED) is 0.872. The molecule has 1 fully saturated rings. The molecule has 0 bridgehead atoms. The topological polar surface area (TPSA) is 39.1 Å². The zero-order valence-corrected chi connectivity index (χ0v) is 13.8. The number of nitrogens with one attached hydrogen (secondary N) is 1. The first kappa shape index (κ1) is 16.4. The maximum absolute atomic E-state index is 9.37. The van der Waals surface area contributed by atoms with Crippen LogP contribution in [0.3, 0.4) is 0 Å². The first-order valence-corrected chi connectivity index (χ1v) is 8.92. The maximum Gasteiger partial charge on any atom is 0.117 e. The van der Waals surface area contributed by atoms with Crippen molar-refractivity contribution in [2.45, 2.75) is 57.0 Å². The summed E-state index contributed by atoms with van der Waals surface area (Å²) in [6.45, 7) is 4.49. The molecule has 3 nitrogen and oxygen atoms in total. The van der Waals surface area contributed by atoms with Crippen LogP contribution in [0.4, 0.5) is 0 Å². The van der Waals surface area contributed by atoms with E-state index in [1.807, 2.05) is 17.8 Å². The minimum atomic E-state index is -0.110. The summed E-state index contributed by atoms with van der Waals surface area (Å²) in [6.07, 6.45) is 3.72. The van der Waals surface area contributed by atoms with E-state index in [9.17, 15) is 5.26 Å². The minimum Gasteiger partial charge on any atom is -0.238 e. The highest BCUT2D eigenvalue weighted by molar-refractivity contribution is 7.98. The van der Waals surface area contributed by atoms with Crippen molar-refractivity contribution in [3.63, 3.8) is 0 Å². The highest BCUT2D eigenvalue weighted by atomic mass is 32.2. The van der Waals surface area contributed by atoms with Crippen molar-refractivity contribution in [2.24, 2.45) is 0 Å². The Hall–Kier alpha value is -1.02. The van der Waals surface area contributed by atoms with E-state index in [0.29, 0.717) is 12.1 Å². The number of piperidine rings is 1. The van der Waals surface area contributed by atoms with Crippen molar-refractivity contribution in [1.82, 2.24) is 10.4 Å². The highest BCUT2D eigenvalue weighted by Crippen LogP contribution is 2.21. The normalized spacial score (nSPS) is 24.4. The van der Waals surface area contributed by atoms with Crippen molar-refractivity contribution in [1.29, 1.82) is 5.26 Å². The maximum atomic E-state index is 9.37. The van der Waals surface area contributed by atoms with Crippen molar-refractivity contribution in [3.8, 4) is 6.07 Å². The predicted molar refractivity (Wildman–Crippen MR) is 89.8 cm³/mol. The summed E-state index contributed by atoms with van der Waals surface area (Å²) >= 11 is 1.82. The number of nitriles is 1. The molecule has 4 heteroatoms. The van der Waals surface area contributed by atoms with Gasteiger partial charge in [-0.25, -0.2) is 10.4 Å². The van der Waals surface area contributed by atoms with Crippen LogP contribution in [0.25, 0.3) is 0 Å². The van der Waals surface area contributed by atoms with Gasteiger partial charge in [-0.05, 0) is 32.3 Å². The Morgan fingerprint density at radius 2 is 1.95 bits per heavy atom. The van der Waals surface area contributed by atoms with Gasteiger partial charge in [0.1, 0.15) is 6.04 Å². The van der Waals surface area contributed by atoms with Crippen molar-refractivity contribution >= 4 is 11.8 Å². The van der Waals surface area contributed by atoms with Gasteiger partial charge in [-0.3, -0.25) is 0 Å². The molecule has 3 atom stereocenters. The van der Waals surface area contributed by atoms with Crippen LogP contribution in [0.1, 0.15) is 38.7 Å². The monoisotopic (exact) mass is 303 g/mol. The summed E-state index contributed by atoms with van der Waals surface area (Å²) in [5, 5.41) is 11.7. The number of nitrogens with zero attached hydrogens (tertiary/aromatic N) is 2. The van der Waals surface area contributed by atoms with E-state index in [-0.39, 0.29) is 6.04 Å². The average molecular weight is 303 g/mol. The molecular weight excluding hydrogens is 278 g/mol. The molecule has 1 aromatic rings. The van der Waals surface area contributed by atoms with Gasteiger partial charge in [0, 0.05) is 23.6 Å². The number of hydrogen-bond donors (Lipinski definition) is 1. The van der Waals surface area contributed by atoms with E-state index in [2.05, 4.69) is 54.6 Å². The Morgan fingerprint density at radius 3 is 2.57 bits per heavy atom. The van der Waals surface area contributed by atoms with Crippen LogP contribution >= 0.6 is 11.8 Å². The summed E-state index contributed by atoms with van der Waals surface area (Å²) in [6, 6.07) is 13.8. The van der Waals surface area contributed by atoms with Gasteiger partial charge >= 0.3 is 0 Å². The molecule has 3 unspecified atom stereocenters. The summed E-state index contributed by atoms with van der Waals surface area (Å²) in [5.74, 6) is 1.78. The lowest BCUT2D eigenvalue weighted by Gasteiger charge is -2.40. The summed E-state index contributed by atoms with van der Waals surface area (Å²) < 4.78 is 0. The van der Waals surface area contributed by atoms with E-state index < -0.39 is 0 Å². The zero-order valence-electron chi connectivity index (χ0n) is 13.0. The molecule has 1 saturated heterocycles. The lowest BCUT2D eigenvalue weighted by Crippen LogP contribution is -2.55. The first-order valence-electron chi connectivity index (χ1n) is 7.76. The number of hydrogen-bond acceptors (Lipinski definition) is 4. The Morgan fingerprint density at radius 1 is 1.29 bits per heavy atom. The van der Waals surface area contributed by atoms with Crippen LogP contribution in [0.5, 0.6) is 0 Å². The van der Waals surface area contributed by atoms with Crippen molar-refractivity contribution in [3.05, 3.63) is 35.9 Å². The molecule has 0 radical (unpaired) electrons. The zero-order chi connectivity index (χ0) is 15.1. The van der Waals surface area contributed by atoms with Crippen LogP contribution in [0.2, 0.25) is 0 Å². The van der Waals surface area contributed by atoms with Gasteiger partial charge in [-0.1, -0.05) is 36.8 Å². The second-order valence-corrected chi connectivity index (χ2v) is 6.88. The largest absolute Gasteiger partial charge is 0.238 e. The van der Waals surface area contributed by atoms with Crippen LogP contribution in [-0.4, -0.2) is 28.9 Å². The Bertz CT molecular complexity index is 447. The minimum absolute atomic E-state index is 0.110. The number of thioether (sulfide) groups is 1. The molecule has 2 rings (SSSR count). The second kappa shape index (κ2) is 8.43. The Labute approximate surface area is 132 Å². The van der Waals surface area contributed by atoms with Gasteiger partial charge < -0.3 is 0 Å². The van der Waals surface area contributed by atoms with E-state index in [0.717, 1.165) is 11.5 Å². The molecular formula is C17H25N3S. The molecule has 0 spiro atoms. The summed E-state index contributed by atoms with van der Waals surface area (Å²) in [4.78, 5) is 0. The molecule has 1 aromatic carbocycles. The number of rotatable bonds is 6. The molecule has 1 N–H and O–H groups in total. The van der Waals surface area contributed by atoms with Gasteiger partial charge in [0.2, 0.25) is 0 Å². The number of benzene rings is 1. The third-order valence-electron chi connectivity index (χ3n) is 4.05. The summed E-state index contributed by atoms with van der Waals surface area (Å²) in [5.41, 5.74) is 4.76. The lowest BCUT2D eigenvalue weighted by molar-refractivity contribution is 0.0406. The molecule has 0 aliphatic carbocycles. The van der Waals surface area contributed by atoms with Gasteiger partial charge in [0.15, 0.2) is 0 Å². The predicted octanol–water partition coefficient (Wildman–Crippen LogP) is 3.58. The van der Waals surface area contributed by atoms with Gasteiger partial charge in [-0.15, -0.1) is 0 Å². The smallest absolute Gasteiger partial charge is 0.117 e. The lowest BCUT2D eigenvalue weighted by atomic mass is 10.00. The van der Waals surface area contributed by atoms with Crippen molar-refractivity contribution in [2.75, 3.05) is 5.75 Å². The Balaban J connectivity index is 1.79. The summed E-state index contributed by atoms with van der Waals surface area (Å²) in [7, 11) is 0. The molecule has 0 saturated carbocycles. The van der Waals surface area contributed by atoms with Crippen LogP contribution in [0, 0.1) is 11.3 Å². The van der Waals surface area contributed by atoms with Crippen molar-refractivity contribution < 1.29 is 0 Å². The molecule has 21 heavy (non-hydrogen) atoms. The Kier molecular flexibility index (Phi) is 6.56. The SMILES string of the molecule is CC1CCCC(C)N1NC(C#N)CSCc1ccccc1. The standard InChI is InChI=1S/C17H25N3S/c1-14-7-6-8-15(2)20(14)19-17(11-18)13-21-12-16-9-4-3-5-10-16/h3-5,9-10,14-15,17,19H,6-8,12-13H2,1-2H3. The van der Waals surface area contributed by atoms with E-state index in [1.54, 1.807) is 0 Å². The van der Waals surface area contributed by atoms with E-state index >= 15 is 0 Å². The fourth-order valence-corrected chi connectivity index (χ4v) is 3.76. The molecule has 1 aliphatic rings. The molecule has 114 valence electrons.